The second-order valence-electron chi connectivity index (χ2n) is 10.5. The summed E-state index contributed by atoms with van der Waals surface area (Å²) in [5.74, 6) is -0.426. The maximum Gasteiger partial charge on any atom is 0.436 e. The fraction of sp³-hybridized carbons (Fsp3) is 0.233. The highest BCUT2D eigenvalue weighted by Crippen LogP contribution is 2.34. The lowest BCUT2D eigenvalue weighted by atomic mass is 9.93. The summed E-state index contributed by atoms with van der Waals surface area (Å²) in [4.78, 5) is 31.1. The monoisotopic (exact) mass is 620 g/mol. The van der Waals surface area contributed by atoms with Crippen LogP contribution >= 0.6 is 11.6 Å². The predicted molar refractivity (Wildman–Crippen MR) is 156 cm³/mol. The molecule has 0 aliphatic carbocycles. The van der Waals surface area contributed by atoms with Crippen molar-refractivity contribution in [2.24, 2.45) is 5.92 Å². The highest BCUT2D eigenvalue weighted by Gasteiger charge is 2.35. The summed E-state index contributed by atoms with van der Waals surface area (Å²) in [6.07, 6.45) is 2.37. The Balaban J connectivity index is 1.42. The van der Waals surface area contributed by atoms with E-state index in [0.717, 1.165) is 22.0 Å². The third kappa shape index (κ3) is 5.82. The van der Waals surface area contributed by atoms with Gasteiger partial charge in [-0.25, -0.2) is 9.67 Å². The normalized spacial score (nSPS) is 17.2. The molecule has 44 heavy (non-hydrogen) atoms. The Morgan fingerprint density at radius 3 is 2.59 bits per heavy atom. The van der Waals surface area contributed by atoms with Crippen molar-refractivity contribution in [2.75, 3.05) is 5.32 Å². The van der Waals surface area contributed by atoms with E-state index in [0.29, 0.717) is 41.1 Å². The number of anilines is 1. The van der Waals surface area contributed by atoms with Crippen LogP contribution in [0.1, 0.15) is 43.5 Å². The van der Waals surface area contributed by atoms with Crippen LogP contribution in [0.5, 0.6) is 0 Å². The molecule has 2 unspecified atom stereocenters. The molecule has 0 saturated carbocycles. The summed E-state index contributed by atoms with van der Waals surface area (Å²) in [6, 6.07) is 13.0. The molecule has 224 valence electrons. The molecular formula is C30H24ClF3N8O2. The number of nitrogens with one attached hydrogen (secondary N) is 1. The number of carbonyl (C=O) groups is 1. The third-order valence-corrected chi connectivity index (χ3v) is 7.81. The number of aromatic nitrogens is 7. The third-order valence-electron chi connectivity index (χ3n) is 7.57. The number of hydrogen-bond donors (Lipinski definition) is 1. The second-order valence-corrected chi connectivity index (χ2v) is 10.9. The van der Waals surface area contributed by atoms with E-state index in [9.17, 15) is 22.8 Å². The van der Waals surface area contributed by atoms with Crippen LogP contribution in [0.3, 0.4) is 0 Å². The Hall–Kier alpha value is -4.91. The van der Waals surface area contributed by atoms with Gasteiger partial charge in [0, 0.05) is 28.1 Å². The molecule has 10 nitrogen and oxygen atoms in total. The van der Waals surface area contributed by atoms with Crippen LogP contribution in [-0.2, 0) is 11.0 Å². The van der Waals surface area contributed by atoms with Gasteiger partial charge in [-0.05, 0) is 48.2 Å². The lowest BCUT2D eigenvalue weighted by molar-refractivity contribution is -0.141. The summed E-state index contributed by atoms with van der Waals surface area (Å²) < 4.78 is 42.1. The molecule has 1 aliphatic heterocycles. The number of amides is 1. The van der Waals surface area contributed by atoms with E-state index in [-0.39, 0.29) is 28.8 Å². The Morgan fingerprint density at radius 1 is 1.00 bits per heavy atom. The number of alkyl halides is 3. The molecule has 4 heterocycles. The molecule has 2 aromatic carbocycles. The zero-order valence-corrected chi connectivity index (χ0v) is 23.9. The van der Waals surface area contributed by atoms with Gasteiger partial charge in [-0.1, -0.05) is 48.4 Å². The van der Waals surface area contributed by atoms with Crippen molar-refractivity contribution in [2.45, 2.75) is 38.4 Å². The highest BCUT2D eigenvalue weighted by atomic mass is 35.5. The fourth-order valence-corrected chi connectivity index (χ4v) is 5.42. The van der Waals surface area contributed by atoms with Crippen molar-refractivity contribution >= 4 is 23.2 Å². The van der Waals surface area contributed by atoms with E-state index >= 15 is 0 Å². The van der Waals surface area contributed by atoms with Crippen molar-refractivity contribution in [1.29, 1.82) is 0 Å². The smallest absolute Gasteiger partial charge is 0.324 e. The molecule has 5 aromatic rings. The summed E-state index contributed by atoms with van der Waals surface area (Å²) in [6.45, 7) is 1.85. The van der Waals surface area contributed by atoms with Crippen LogP contribution in [0.15, 0.2) is 78.2 Å². The van der Waals surface area contributed by atoms with Gasteiger partial charge in [-0.15, -0.1) is 5.10 Å². The molecule has 3 aromatic heterocycles. The van der Waals surface area contributed by atoms with Crippen LogP contribution in [0, 0.1) is 5.92 Å². The van der Waals surface area contributed by atoms with Gasteiger partial charge in [0.2, 0.25) is 5.91 Å². The average molecular weight is 621 g/mol. The first-order valence-electron chi connectivity index (χ1n) is 13.7. The molecule has 0 saturated heterocycles. The van der Waals surface area contributed by atoms with Gasteiger partial charge in [0.1, 0.15) is 0 Å². The number of rotatable bonds is 3. The van der Waals surface area contributed by atoms with Gasteiger partial charge in [-0.2, -0.15) is 23.4 Å². The minimum absolute atomic E-state index is 0.136. The van der Waals surface area contributed by atoms with Crippen LogP contribution < -0.4 is 10.9 Å². The van der Waals surface area contributed by atoms with E-state index in [1.54, 1.807) is 6.20 Å². The molecule has 6 rings (SSSR count). The van der Waals surface area contributed by atoms with Crippen molar-refractivity contribution in [1.82, 2.24) is 34.7 Å². The molecule has 0 spiro atoms. The summed E-state index contributed by atoms with van der Waals surface area (Å²) in [5.41, 5.74) is 2.06. The van der Waals surface area contributed by atoms with Crippen molar-refractivity contribution in [3.05, 3.63) is 100 Å². The fourth-order valence-electron chi connectivity index (χ4n) is 5.25. The average Bonchev–Trinajstić information content (AvgIpc) is 3.51. The van der Waals surface area contributed by atoms with Crippen LogP contribution in [0.25, 0.3) is 28.1 Å². The van der Waals surface area contributed by atoms with Gasteiger partial charge in [-0.3, -0.25) is 14.2 Å². The summed E-state index contributed by atoms with van der Waals surface area (Å²) >= 11 is 6.23. The first kappa shape index (κ1) is 29.2. The first-order chi connectivity index (χ1) is 21.1. The Kier molecular flexibility index (Phi) is 7.72. The number of halogens is 4. The van der Waals surface area contributed by atoms with E-state index in [1.807, 2.05) is 31.2 Å². The maximum absolute atomic E-state index is 13.7. The molecule has 0 radical (unpaired) electrons. The van der Waals surface area contributed by atoms with Gasteiger partial charge in [0.05, 0.1) is 48.0 Å². The largest absolute Gasteiger partial charge is 0.436 e. The lowest BCUT2D eigenvalue weighted by Gasteiger charge is -2.23. The van der Waals surface area contributed by atoms with Gasteiger partial charge >= 0.3 is 6.18 Å². The Morgan fingerprint density at radius 2 is 1.82 bits per heavy atom. The van der Waals surface area contributed by atoms with Crippen molar-refractivity contribution in [3.63, 3.8) is 0 Å². The summed E-state index contributed by atoms with van der Waals surface area (Å²) in [5, 5.41) is 18.0. The maximum atomic E-state index is 13.7. The van der Waals surface area contributed by atoms with E-state index in [4.69, 9.17) is 11.6 Å². The van der Waals surface area contributed by atoms with Gasteiger partial charge in [0.25, 0.3) is 5.56 Å². The number of benzene rings is 2. The minimum Gasteiger partial charge on any atom is -0.324 e. The van der Waals surface area contributed by atoms with Crippen LogP contribution in [0.4, 0.5) is 18.9 Å². The zero-order valence-electron chi connectivity index (χ0n) is 23.2. The van der Waals surface area contributed by atoms with Crippen LogP contribution in [-0.4, -0.2) is 40.6 Å². The molecule has 2 bridgehead atoms. The number of fused-ring (bicyclic) bond motifs is 4. The second kappa shape index (κ2) is 11.6. The molecule has 2 atom stereocenters. The van der Waals surface area contributed by atoms with Gasteiger partial charge in [0.15, 0.2) is 5.69 Å². The Bertz CT molecular complexity index is 1920. The molecule has 1 N–H and O–H groups in total. The molecule has 1 amide bonds. The van der Waals surface area contributed by atoms with Crippen molar-refractivity contribution in [3.8, 4) is 28.1 Å². The molecule has 0 fully saturated rings. The first-order valence-corrected chi connectivity index (χ1v) is 14.1. The number of hydrogen-bond acceptors (Lipinski definition) is 7. The summed E-state index contributed by atoms with van der Waals surface area (Å²) in [7, 11) is 0. The topological polar surface area (TPSA) is 120 Å². The Labute approximate surface area is 253 Å². The highest BCUT2D eigenvalue weighted by molar-refractivity contribution is 6.31. The van der Waals surface area contributed by atoms with Crippen LogP contribution in [0.2, 0.25) is 5.02 Å². The zero-order chi connectivity index (χ0) is 31.0. The molecular weight excluding hydrogens is 597 g/mol. The van der Waals surface area contributed by atoms with Crippen molar-refractivity contribution < 1.29 is 18.0 Å². The molecule has 14 heteroatoms. The lowest BCUT2D eigenvalue weighted by Crippen LogP contribution is -2.26. The number of carbonyl (C=O) groups excluding carboxylic acids is 1. The van der Waals surface area contributed by atoms with E-state index in [1.165, 1.54) is 41.4 Å². The number of nitrogens with zero attached hydrogens (tertiary/aromatic N) is 7. The van der Waals surface area contributed by atoms with E-state index < -0.39 is 17.9 Å². The molecule has 1 aliphatic rings. The minimum atomic E-state index is -4.68. The quantitative estimate of drug-likeness (QED) is 0.264. The van der Waals surface area contributed by atoms with E-state index in [2.05, 4.69) is 30.8 Å². The SMILES string of the molecule is CC1CCCC(n2cnc(-c3cc(Cl)ccc3-n3cc(C(F)(F)F)nn3)cc2=O)c2cccc(c2)-c2cnncc2NC1=O. The predicted octanol–water partition coefficient (Wildman–Crippen LogP) is 5.97. The van der Waals surface area contributed by atoms with Gasteiger partial charge < -0.3 is 5.32 Å². The standard InChI is InChI=1S/C30H24ClF3N8O2/c1-17-4-2-7-25(19-6-3-5-18(10-19)22-13-36-37-14-24(22)38-29(17)44)41-16-35-23(12-28(41)43)21-11-20(31)8-9-26(21)42-15-27(39-40-42)30(32,33)34/h3,5-6,8-17,25H,2,4,7H2,1H3,(H,38,44).